The Hall–Kier alpha value is -2.38. The first-order valence-corrected chi connectivity index (χ1v) is 10.5. The maximum absolute atomic E-state index is 12.6. The van der Waals surface area contributed by atoms with Crippen LogP contribution < -0.4 is 10.1 Å². The van der Waals surface area contributed by atoms with Gasteiger partial charge in [0, 0.05) is 18.8 Å². The van der Waals surface area contributed by atoms with Gasteiger partial charge in [-0.15, -0.1) is 0 Å². The fourth-order valence-electron chi connectivity index (χ4n) is 2.72. The number of hydrogen-bond donors (Lipinski definition) is 1. The van der Waals surface area contributed by atoms with Crippen molar-refractivity contribution in [2.75, 3.05) is 25.0 Å². The minimum atomic E-state index is -3.57. The van der Waals surface area contributed by atoms with Crippen LogP contribution in [0.1, 0.15) is 26.3 Å². The molecule has 0 bridgehead atoms. The third kappa shape index (κ3) is 5.30. The summed E-state index contributed by atoms with van der Waals surface area (Å²) in [4.78, 5) is 12.4. The van der Waals surface area contributed by atoms with Crippen LogP contribution in [-0.2, 0) is 21.2 Å². The number of nitrogens with one attached hydrogen (secondary N) is 1. The van der Waals surface area contributed by atoms with Crippen LogP contribution in [0.3, 0.4) is 0 Å². The zero-order valence-electron chi connectivity index (χ0n) is 15.9. The molecule has 0 heterocycles. The quantitative estimate of drug-likeness (QED) is 0.713. The lowest BCUT2D eigenvalue weighted by atomic mass is 10.1. The fourth-order valence-corrected chi connectivity index (χ4v) is 4.23. The monoisotopic (exact) mass is 390 g/mol. The minimum absolute atomic E-state index is 0.149. The Labute approximate surface area is 161 Å². The molecule has 6 nitrogen and oxygen atoms in total. The Kier molecular flexibility index (Phi) is 7.38. The Morgan fingerprint density at radius 2 is 1.74 bits per heavy atom. The molecule has 27 heavy (non-hydrogen) atoms. The van der Waals surface area contributed by atoms with E-state index in [4.69, 9.17) is 4.74 Å². The summed E-state index contributed by atoms with van der Waals surface area (Å²) in [6.45, 7) is 6.23. The molecule has 0 aliphatic rings. The van der Waals surface area contributed by atoms with E-state index in [9.17, 15) is 13.2 Å². The zero-order chi connectivity index (χ0) is 19.9. The summed E-state index contributed by atoms with van der Waals surface area (Å²) in [5, 5.41) is 2.69. The van der Waals surface area contributed by atoms with E-state index in [-0.39, 0.29) is 17.4 Å². The van der Waals surface area contributed by atoms with Crippen molar-refractivity contribution in [3.63, 3.8) is 0 Å². The number of anilines is 1. The number of amides is 1. The van der Waals surface area contributed by atoms with Gasteiger partial charge in [0.1, 0.15) is 5.75 Å². The minimum Gasteiger partial charge on any atom is -0.483 e. The smallest absolute Gasteiger partial charge is 0.262 e. The van der Waals surface area contributed by atoms with Gasteiger partial charge in [0.2, 0.25) is 10.0 Å². The van der Waals surface area contributed by atoms with Gasteiger partial charge in [0.25, 0.3) is 5.91 Å². The molecule has 146 valence electrons. The van der Waals surface area contributed by atoms with Crippen LogP contribution in [0.5, 0.6) is 5.75 Å². The molecule has 0 radical (unpaired) electrons. The van der Waals surface area contributed by atoms with E-state index in [2.05, 4.69) is 5.32 Å². The molecule has 0 unspecified atom stereocenters. The molecule has 2 aromatic rings. The van der Waals surface area contributed by atoms with Gasteiger partial charge in [0.05, 0.1) is 4.90 Å². The second-order valence-electron chi connectivity index (χ2n) is 5.92. The lowest BCUT2D eigenvalue weighted by Crippen LogP contribution is -2.30. The van der Waals surface area contributed by atoms with Gasteiger partial charge in [-0.05, 0) is 36.2 Å². The summed E-state index contributed by atoms with van der Waals surface area (Å²) in [5.41, 5.74) is 1.44. The topological polar surface area (TPSA) is 75.7 Å². The molecule has 1 amide bonds. The van der Waals surface area contributed by atoms with Gasteiger partial charge >= 0.3 is 0 Å². The van der Waals surface area contributed by atoms with E-state index in [1.165, 1.54) is 16.4 Å². The van der Waals surface area contributed by atoms with Gasteiger partial charge in [0.15, 0.2) is 6.61 Å². The highest BCUT2D eigenvalue weighted by atomic mass is 32.2. The second kappa shape index (κ2) is 9.53. The first-order valence-electron chi connectivity index (χ1n) is 9.03. The standard InChI is InChI=1S/C20H26N2O4S/c1-4-16-10-7-8-13-19(16)26-15-20(23)21-17-11-9-12-18(14-17)27(24,25)22(5-2)6-3/h7-14H,4-6,15H2,1-3H3,(H,21,23). The predicted molar refractivity (Wildman–Crippen MR) is 106 cm³/mol. The molecule has 0 saturated heterocycles. The van der Waals surface area contributed by atoms with Crippen molar-refractivity contribution in [1.29, 1.82) is 0 Å². The first kappa shape index (κ1) is 20.9. The molecule has 0 atom stereocenters. The molecule has 2 rings (SSSR count). The third-order valence-electron chi connectivity index (χ3n) is 4.17. The highest BCUT2D eigenvalue weighted by Crippen LogP contribution is 2.20. The number of aryl methyl sites for hydroxylation is 1. The van der Waals surface area contributed by atoms with E-state index in [0.717, 1.165) is 12.0 Å². The summed E-state index contributed by atoms with van der Waals surface area (Å²) in [5.74, 6) is 0.325. The lowest BCUT2D eigenvalue weighted by molar-refractivity contribution is -0.118. The van der Waals surface area contributed by atoms with E-state index < -0.39 is 10.0 Å². The molecule has 7 heteroatoms. The molecule has 0 aromatic heterocycles. The molecular weight excluding hydrogens is 364 g/mol. The Bertz CT molecular complexity index is 877. The zero-order valence-corrected chi connectivity index (χ0v) is 16.8. The van der Waals surface area contributed by atoms with Crippen molar-refractivity contribution < 1.29 is 17.9 Å². The van der Waals surface area contributed by atoms with Gasteiger partial charge in [-0.1, -0.05) is 45.0 Å². The van der Waals surface area contributed by atoms with Gasteiger partial charge in [-0.25, -0.2) is 8.42 Å². The molecule has 2 aromatic carbocycles. The van der Waals surface area contributed by atoms with Gasteiger partial charge in [-0.2, -0.15) is 4.31 Å². The number of sulfonamides is 1. The summed E-state index contributed by atoms with van der Waals surface area (Å²) in [6, 6.07) is 13.8. The van der Waals surface area contributed by atoms with E-state index >= 15 is 0 Å². The van der Waals surface area contributed by atoms with Crippen molar-refractivity contribution in [1.82, 2.24) is 4.31 Å². The number of hydrogen-bond acceptors (Lipinski definition) is 4. The van der Waals surface area contributed by atoms with Crippen LogP contribution >= 0.6 is 0 Å². The van der Waals surface area contributed by atoms with E-state index in [0.29, 0.717) is 24.5 Å². The number of rotatable bonds is 9. The summed E-state index contributed by atoms with van der Waals surface area (Å²) >= 11 is 0. The average molecular weight is 391 g/mol. The maximum Gasteiger partial charge on any atom is 0.262 e. The van der Waals surface area contributed by atoms with E-state index in [1.54, 1.807) is 26.0 Å². The van der Waals surface area contributed by atoms with Crippen LogP contribution in [-0.4, -0.2) is 38.3 Å². The number of carbonyl (C=O) groups is 1. The number of ether oxygens (including phenoxy) is 1. The SMILES string of the molecule is CCc1ccccc1OCC(=O)Nc1cccc(S(=O)(=O)N(CC)CC)c1. The van der Waals surface area contributed by atoms with Crippen molar-refractivity contribution in [2.45, 2.75) is 32.1 Å². The molecule has 0 spiro atoms. The normalized spacial score (nSPS) is 11.4. The van der Waals surface area contributed by atoms with Crippen molar-refractivity contribution in [2.24, 2.45) is 0 Å². The lowest BCUT2D eigenvalue weighted by Gasteiger charge is -2.19. The van der Waals surface area contributed by atoms with Crippen molar-refractivity contribution >= 4 is 21.6 Å². The Morgan fingerprint density at radius 1 is 1.04 bits per heavy atom. The maximum atomic E-state index is 12.6. The van der Waals surface area contributed by atoms with Gasteiger partial charge in [-0.3, -0.25) is 4.79 Å². The summed E-state index contributed by atoms with van der Waals surface area (Å²) in [6.07, 6.45) is 0.809. The summed E-state index contributed by atoms with van der Waals surface area (Å²) < 4.78 is 32.2. The first-order chi connectivity index (χ1) is 12.9. The molecule has 0 aliphatic carbocycles. The summed E-state index contributed by atoms with van der Waals surface area (Å²) in [7, 11) is -3.57. The molecule has 0 fully saturated rings. The van der Waals surface area contributed by atoms with Crippen LogP contribution in [0.15, 0.2) is 53.4 Å². The largest absolute Gasteiger partial charge is 0.483 e. The van der Waals surface area contributed by atoms with Crippen molar-refractivity contribution in [3.8, 4) is 5.75 Å². The predicted octanol–water partition coefficient (Wildman–Crippen LogP) is 3.30. The highest BCUT2D eigenvalue weighted by molar-refractivity contribution is 7.89. The Morgan fingerprint density at radius 3 is 2.41 bits per heavy atom. The average Bonchev–Trinajstić information content (AvgIpc) is 2.67. The van der Waals surface area contributed by atoms with Crippen LogP contribution in [0.4, 0.5) is 5.69 Å². The second-order valence-corrected chi connectivity index (χ2v) is 7.85. The number of para-hydroxylation sites is 1. The Balaban J connectivity index is 2.06. The molecule has 1 N–H and O–H groups in total. The van der Waals surface area contributed by atoms with Gasteiger partial charge < -0.3 is 10.1 Å². The van der Waals surface area contributed by atoms with E-state index in [1.807, 2.05) is 31.2 Å². The highest BCUT2D eigenvalue weighted by Gasteiger charge is 2.21. The number of nitrogens with zero attached hydrogens (tertiary/aromatic N) is 1. The fraction of sp³-hybridized carbons (Fsp3) is 0.350. The van der Waals surface area contributed by atoms with Crippen LogP contribution in [0.2, 0.25) is 0 Å². The van der Waals surface area contributed by atoms with Crippen molar-refractivity contribution in [3.05, 3.63) is 54.1 Å². The molecule has 0 saturated carbocycles. The molecule has 0 aliphatic heterocycles. The number of carbonyl (C=O) groups excluding carboxylic acids is 1. The third-order valence-corrected chi connectivity index (χ3v) is 6.22. The van der Waals surface area contributed by atoms with Crippen LogP contribution in [0, 0.1) is 0 Å². The number of benzene rings is 2. The van der Waals surface area contributed by atoms with Crippen LogP contribution in [0.25, 0.3) is 0 Å². The molecular formula is C20H26N2O4S.